The van der Waals surface area contributed by atoms with Crippen molar-refractivity contribution in [2.45, 2.75) is 78.8 Å². The molecular formula is C16H31N3. The smallest absolute Gasteiger partial charge is 0.0596 e. The van der Waals surface area contributed by atoms with Crippen molar-refractivity contribution in [3.8, 4) is 0 Å². The van der Waals surface area contributed by atoms with Gasteiger partial charge in [0.15, 0.2) is 0 Å². The second-order valence-corrected chi connectivity index (χ2v) is 5.42. The molecule has 1 heterocycles. The van der Waals surface area contributed by atoms with Crippen LogP contribution in [0.3, 0.4) is 0 Å². The van der Waals surface area contributed by atoms with E-state index in [9.17, 15) is 0 Å². The minimum atomic E-state index is 0.698. The number of hydrogen-bond acceptors (Lipinski definition) is 2. The van der Waals surface area contributed by atoms with Crippen molar-refractivity contribution in [1.29, 1.82) is 0 Å². The van der Waals surface area contributed by atoms with E-state index in [0.717, 1.165) is 25.2 Å². The van der Waals surface area contributed by atoms with Gasteiger partial charge in [-0.1, -0.05) is 20.3 Å². The van der Waals surface area contributed by atoms with Crippen LogP contribution in [0.1, 0.15) is 64.3 Å². The second-order valence-electron chi connectivity index (χ2n) is 5.42. The van der Waals surface area contributed by atoms with Crippen LogP contribution in [0.4, 0.5) is 0 Å². The highest BCUT2D eigenvalue weighted by molar-refractivity contribution is 5.09. The Labute approximate surface area is 118 Å². The lowest BCUT2D eigenvalue weighted by Crippen LogP contribution is -2.29. The van der Waals surface area contributed by atoms with Gasteiger partial charge in [-0.25, -0.2) is 0 Å². The average Bonchev–Trinajstić information content (AvgIpc) is 2.76. The van der Waals surface area contributed by atoms with Gasteiger partial charge in [0.25, 0.3) is 0 Å². The summed E-state index contributed by atoms with van der Waals surface area (Å²) in [5.74, 6) is 0. The highest BCUT2D eigenvalue weighted by atomic mass is 15.3. The molecule has 1 aromatic rings. The third-order valence-corrected chi connectivity index (χ3v) is 3.59. The Bertz CT molecular complexity index is 344. The molecule has 0 aromatic carbocycles. The quantitative estimate of drug-likeness (QED) is 0.699. The van der Waals surface area contributed by atoms with Crippen LogP contribution in [0.25, 0.3) is 0 Å². The summed E-state index contributed by atoms with van der Waals surface area (Å²) in [7, 11) is 0. The Kier molecular flexibility index (Phi) is 7.80. The summed E-state index contributed by atoms with van der Waals surface area (Å²) in [5.41, 5.74) is 2.54. The first-order valence-electron chi connectivity index (χ1n) is 7.97. The monoisotopic (exact) mass is 265 g/mol. The fraction of sp³-hybridized carbons (Fsp3) is 0.812. The zero-order valence-corrected chi connectivity index (χ0v) is 13.2. The summed E-state index contributed by atoms with van der Waals surface area (Å²) in [4.78, 5) is 0. The van der Waals surface area contributed by atoms with Crippen molar-refractivity contribution in [3.05, 3.63) is 17.5 Å². The highest BCUT2D eigenvalue weighted by Crippen LogP contribution is 2.11. The fourth-order valence-electron chi connectivity index (χ4n) is 2.65. The fourth-order valence-corrected chi connectivity index (χ4v) is 2.65. The van der Waals surface area contributed by atoms with Gasteiger partial charge in [-0.3, -0.25) is 4.68 Å². The molecule has 0 aliphatic rings. The predicted molar refractivity (Wildman–Crippen MR) is 82.6 cm³/mol. The Morgan fingerprint density at radius 2 is 2.00 bits per heavy atom. The molecule has 0 saturated carbocycles. The molecule has 3 nitrogen and oxygen atoms in total. The molecule has 1 unspecified atom stereocenters. The molecule has 110 valence electrons. The van der Waals surface area contributed by atoms with Crippen LogP contribution in [0.5, 0.6) is 0 Å². The zero-order chi connectivity index (χ0) is 14.1. The van der Waals surface area contributed by atoms with Gasteiger partial charge in [0.1, 0.15) is 0 Å². The van der Waals surface area contributed by atoms with Crippen molar-refractivity contribution in [3.63, 3.8) is 0 Å². The van der Waals surface area contributed by atoms with Crippen LogP contribution >= 0.6 is 0 Å². The lowest BCUT2D eigenvalue weighted by atomic mass is 10.0. The summed E-state index contributed by atoms with van der Waals surface area (Å²) < 4.78 is 2.14. The Balaban J connectivity index is 2.37. The van der Waals surface area contributed by atoms with Crippen molar-refractivity contribution in [1.82, 2.24) is 15.1 Å². The molecule has 1 aromatic heterocycles. The van der Waals surface area contributed by atoms with Gasteiger partial charge in [0.2, 0.25) is 0 Å². The Morgan fingerprint density at radius 1 is 1.21 bits per heavy atom. The molecular weight excluding hydrogens is 234 g/mol. The van der Waals surface area contributed by atoms with Crippen LogP contribution in [0.2, 0.25) is 0 Å². The summed E-state index contributed by atoms with van der Waals surface area (Å²) in [6, 6.07) is 2.93. The maximum Gasteiger partial charge on any atom is 0.0596 e. The summed E-state index contributed by atoms with van der Waals surface area (Å²) in [6.07, 6.45) is 7.48. The predicted octanol–water partition coefficient (Wildman–Crippen LogP) is 3.70. The van der Waals surface area contributed by atoms with E-state index in [-0.39, 0.29) is 0 Å². The van der Waals surface area contributed by atoms with E-state index in [1.165, 1.54) is 37.8 Å². The number of nitrogens with zero attached hydrogens (tertiary/aromatic N) is 2. The third-order valence-electron chi connectivity index (χ3n) is 3.59. The first-order chi connectivity index (χ1) is 9.21. The molecule has 0 spiro atoms. The Hall–Kier alpha value is -0.830. The van der Waals surface area contributed by atoms with Gasteiger partial charge in [-0.15, -0.1) is 0 Å². The van der Waals surface area contributed by atoms with Crippen LogP contribution in [-0.2, 0) is 13.0 Å². The molecule has 0 bridgehead atoms. The van der Waals surface area contributed by atoms with E-state index in [0.29, 0.717) is 6.04 Å². The van der Waals surface area contributed by atoms with Crippen molar-refractivity contribution < 1.29 is 0 Å². The van der Waals surface area contributed by atoms with E-state index in [2.05, 4.69) is 48.9 Å². The van der Waals surface area contributed by atoms with Crippen molar-refractivity contribution in [2.75, 3.05) is 6.54 Å². The van der Waals surface area contributed by atoms with Crippen molar-refractivity contribution >= 4 is 0 Å². The Morgan fingerprint density at radius 3 is 2.63 bits per heavy atom. The highest BCUT2D eigenvalue weighted by Gasteiger charge is 2.08. The number of aromatic nitrogens is 2. The molecule has 0 aliphatic heterocycles. The standard InChI is InChI=1S/C16H31N3/c1-5-9-15(17-12-6-2)10-8-11-16-13-14(4)18-19(16)7-3/h13,15,17H,5-12H2,1-4H3. The maximum absolute atomic E-state index is 4.51. The van der Waals surface area contributed by atoms with E-state index < -0.39 is 0 Å². The lowest BCUT2D eigenvalue weighted by molar-refractivity contribution is 0.434. The van der Waals surface area contributed by atoms with Gasteiger partial charge in [0, 0.05) is 18.3 Å². The molecule has 3 heteroatoms. The molecule has 19 heavy (non-hydrogen) atoms. The van der Waals surface area contributed by atoms with Gasteiger partial charge in [-0.05, 0) is 58.6 Å². The van der Waals surface area contributed by atoms with Gasteiger partial charge in [-0.2, -0.15) is 5.10 Å². The zero-order valence-electron chi connectivity index (χ0n) is 13.2. The number of rotatable bonds is 10. The van der Waals surface area contributed by atoms with E-state index in [4.69, 9.17) is 0 Å². The molecule has 1 N–H and O–H groups in total. The molecule has 1 rings (SSSR count). The third kappa shape index (κ3) is 5.77. The maximum atomic E-state index is 4.51. The van der Waals surface area contributed by atoms with E-state index in [1.54, 1.807) is 0 Å². The largest absolute Gasteiger partial charge is 0.314 e. The number of aryl methyl sites for hydroxylation is 3. The molecule has 1 atom stereocenters. The van der Waals surface area contributed by atoms with Crippen LogP contribution in [0, 0.1) is 6.92 Å². The van der Waals surface area contributed by atoms with Gasteiger partial charge in [0.05, 0.1) is 5.69 Å². The lowest BCUT2D eigenvalue weighted by Gasteiger charge is -2.17. The summed E-state index contributed by atoms with van der Waals surface area (Å²) >= 11 is 0. The average molecular weight is 265 g/mol. The topological polar surface area (TPSA) is 29.9 Å². The first-order valence-corrected chi connectivity index (χ1v) is 7.97. The molecule has 0 aliphatic carbocycles. The molecule has 0 amide bonds. The van der Waals surface area contributed by atoms with E-state index in [1.807, 2.05) is 0 Å². The SMILES string of the molecule is CCCNC(CCC)CCCc1cc(C)nn1CC. The van der Waals surface area contributed by atoms with Crippen LogP contribution in [0.15, 0.2) is 6.07 Å². The second kappa shape index (κ2) is 9.13. The minimum Gasteiger partial charge on any atom is -0.314 e. The first kappa shape index (κ1) is 16.2. The summed E-state index contributed by atoms with van der Waals surface area (Å²) in [6.45, 7) is 10.9. The van der Waals surface area contributed by atoms with Crippen molar-refractivity contribution in [2.24, 2.45) is 0 Å². The number of hydrogen-bond donors (Lipinski definition) is 1. The number of nitrogens with one attached hydrogen (secondary N) is 1. The minimum absolute atomic E-state index is 0.698. The van der Waals surface area contributed by atoms with Gasteiger partial charge < -0.3 is 5.32 Å². The normalized spacial score (nSPS) is 12.8. The van der Waals surface area contributed by atoms with Gasteiger partial charge >= 0.3 is 0 Å². The molecule has 0 radical (unpaired) electrons. The van der Waals surface area contributed by atoms with Crippen LogP contribution in [-0.4, -0.2) is 22.4 Å². The van der Waals surface area contributed by atoms with E-state index >= 15 is 0 Å². The van der Waals surface area contributed by atoms with Crippen LogP contribution < -0.4 is 5.32 Å². The molecule has 0 fully saturated rings. The molecule has 0 saturated heterocycles. The summed E-state index contributed by atoms with van der Waals surface area (Å²) in [5, 5.41) is 8.18.